The van der Waals surface area contributed by atoms with Gasteiger partial charge < -0.3 is 15.3 Å². The second-order valence-corrected chi connectivity index (χ2v) is 0.300. The number of hydrogen-bond donors (Lipinski definition) is 3. The van der Waals surface area contributed by atoms with Crippen molar-refractivity contribution in [1.82, 2.24) is 0 Å². The minimum Gasteiger partial charge on any atom is -0.511 e. The van der Waals surface area contributed by atoms with E-state index in [2.05, 4.69) is 0 Å². The predicted octanol–water partition coefficient (Wildman–Crippen LogP) is -0.449. The van der Waals surface area contributed by atoms with Gasteiger partial charge in [0.05, 0.1) is 0 Å². The Morgan fingerprint density at radius 1 is 1.00 bits per heavy atom. The van der Waals surface area contributed by atoms with Gasteiger partial charge in [-0.25, -0.2) is 0 Å². The van der Waals surface area contributed by atoms with Crippen molar-refractivity contribution in [1.29, 1.82) is 0 Å². The molecule has 0 fully saturated rings. The Morgan fingerprint density at radius 3 is 1.00 bits per heavy atom. The van der Waals surface area contributed by atoms with E-state index in [1.807, 2.05) is 0 Å². The summed E-state index contributed by atoms with van der Waals surface area (Å²) in [5, 5.41) is 21.2. The van der Waals surface area contributed by atoms with Gasteiger partial charge in [0, 0.05) is 6.48 Å². The van der Waals surface area contributed by atoms with E-state index >= 15 is 0 Å². The quantitative estimate of drug-likeness (QED) is 0.334. The average Bonchev–Trinajstić information content (AvgIpc) is 0.811. The minimum atomic E-state index is -1.58. The smallest absolute Gasteiger partial charge is 0.0300 e. The molecule has 0 atom stereocenters. The summed E-state index contributed by atoms with van der Waals surface area (Å²) in [5.41, 5.74) is 0. The molecule has 3 heteroatoms. The standard InChI is InChI=1S/CH3O3/c2-1(3)4/h2-4H/q-1. The van der Waals surface area contributed by atoms with Crippen LogP contribution >= 0.6 is 0 Å². The molecule has 3 nitrogen and oxygen atoms in total. The van der Waals surface area contributed by atoms with Crippen molar-refractivity contribution in [3.05, 3.63) is 6.48 Å². The molecule has 0 aromatic carbocycles. The lowest BCUT2D eigenvalue weighted by molar-refractivity contribution is -0.0776. The lowest BCUT2D eigenvalue weighted by atomic mass is 11.4. The molecule has 0 radical (unpaired) electrons. The van der Waals surface area contributed by atoms with Gasteiger partial charge in [-0.1, -0.05) is 0 Å². The zero-order valence-electron chi connectivity index (χ0n) is 1.84. The van der Waals surface area contributed by atoms with Gasteiger partial charge in [-0.05, 0) is 0 Å². The van der Waals surface area contributed by atoms with Gasteiger partial charge in [-0.2, -0.15) is 0 Å². The third-order valence-corrected chi connectivity index (χ3v) is 0. The Bertz CT molecular complexity index is 8.00. The summed E-state index contributed by atoms with van der Waals surface area (Å²) in [5.74, 6) is 0. The van der Waals surface area contributed by atoms with E-state index in [1.165, 1.54) is 0 Å². The van der Waals surface area contributed by atoms with Crippen LogP contribution in [0.4, 0.5) is 0 Å². The first-order valence-electron chi connectivity index (χ1n) is 0.671. The highest BCUT2D eigenvalue weighted by atomic mass is 16.6. The number of hydrogen-bond acceptors (Lipinski definition) is 3. The highest BCUT2D eigenvalue weighted by molar-refractivity contribution is 4.15. The summed E-state index contributed by atoms with van der Waals surface area (Å²) in [7, 11) is 0. The van der Waals surface area contributed by atoms with E-state index in [1.54, 1.807) is 0 Å². The van der Waals surface area contributed by atoms with Crippen LogP contribution in [0.3, 0.4) is 0 Å². The van der Waals surface area contributed by atoms with Crippen molar-refractivity contribution in [2.24, 2.45) is 0 Å². The SMILES string of the molecule is O[C-](O)O. The number of aliphatic hydroxyl groups excluding tert-OH is 1. The van der Waals surface area contributed by atoms with Gasteiger partial charge >= 0.3 is 0 Å². The van der Waals surface area contributed by atoms with Crippen molar-refractivity contribution in [3.63, 3.8) is 0 Å². The molecule has 0 saturated carbocycles. The molecule has 3 N–H and O–H groups in total. The Balaban J connectivity index is 2.32. The molecule has 0 aliphatic rings. The molecule has 26 valence electrons. The first-order valence-corrected chi connectivity index (χ1v) is 0.671. The van der Waals surface area contributed by atoms with Crippen LogP contribution in [0.15, 0.2) is 0 Å². The molecule has 0 saturated heterocycles. The van der Waals surface area contributed by atoms with E-state index in [-0.39, 0.29) is 0 Å². The molecule has 0 spiro atoms. The van der Waals surface area contributed by atoms with Gasteiger partial charge in [0.25, 0.3) is 0 Å². The van der Waals surface area contributed by atoms with Gasteiger partial charge in [0.1, 0.15) is 0 Å². The van der Waals surface area contributed by atoms with E-state index < -0.39 is 6.48 Å². The molecule has 0 unspecified atom stereocenters. The fraction of sp³-hybridized carbons (Fsp3) is 0. The van der Waals surface area contributed by atoms with Crippen LogP contribution in [0, 0.1) is 6.48 Å². The third-order valence-electron chi connectivity index (χ3n) is 0. The second-order valence-electron chi connectivity index (χ2n) is 0.300. The topological polar surface area (TPSA) is 60.7 Å². The van der Waals surface area contributed by atoms with Gasteiger partial charge in [0.15, 0.2) is 0 Å². The summed E-state index contributed by atoms with van der Waals surface area (Å²) in [4.78, 5) is 0. The zero-order chi connectivity index (χ0) is 3.58. The number of aliphatic hydroxyl groups is 3. The van der Waals surface area contributed by atoms with Crippen molar-refractivity contribution >= 4 is 0 Å². The van der Waals surface area contributed by atoms with Crippen molar-refractivity contribution < 1.29 is 15.3 Å². The lowest BCUT2D eigenvalue weighted by Crippen LogP contribution is -1.84. The largest absolute Gasteiger partial charge is 0.511 e. The Labute approximate surface area is 23.1 Å². The number of rotatable bonds is 0. The maximum absolute atomic E-state index is 7.08. The average molecular weight is 63.0 g/mol. The molecule has 0 aliphatic carbocycles. The molecule has 0 amide bonds. The summed E-state index contributed by atoms with van der Waals surface area (Å²) < 4.78 is 0. The van der Waals surface area contributed by atoms with Crippen LogP contribution < -0.4 is 0 Å². The molecule has 4 heavy (non-hydrogen) atoms. The van der Waals surface area contributed by atoms with E-state index in [9.17, 15) is 0 Å². The van der Waals surface area contributed by atoms with Crippen LogP contribution in [0.1, 0.15) is 0 Å². The van der Waals surface area contributed by atoms with Crippen molar-refractivity contribution in [2.45, 2.75) is 0 Å². The highest BCUT2D eigenvalue weighted by Crippen LogP contribution is 1.64. The van der Waals surface area contributed by atoms with Gasteiger partial charge in [-0.3, -0.25) is 0 Å². The Hall–Kier alpha value is -0.120. The van der Waals surface area contributed by atoms with E-state index in [0.29, 0.717) is 0 Å². The normalized spacial score (nSPS) is 9.00. The maximum Gasteiger partial charge on any atom is 0.0300 e. The van der Waals surface area contributed by atoms with Crippen molar-refractivity contribution in [2.75, 3.05) is 0 Å². The van der Waals surface area contributed by atoms with Gasteiger partial charge in [0.2, 0.25) is 0 Å². The zero-order valence-corrected chi connectivity index (χ0v) is 1.84. The first-order chi connectivity index (χ1) is 1.73. The monoisotopic (exact) mass is 63.0 g/mol. The van der Waals surface area contributed by atoms with E-state index in [4.69, 9.17) is 15.3 Å². The Morgan fingerprint density at radius 2 is 1.00 bits per heavy atom. The first kappa shape index (κ1) is 3.88. The summed E-state index contributed by atoms with van der Waals surface area (Å²) in [6, 6.07) is 0. The predicted molar refractivity (Wildman–Crippen MR) is 9.05 cm³/mol. The molecule has 0 aromatic rings. The second kappa shape index (κ2) is 1.23. The summed E-state index contributed by atoms with van der Waals surface area (Å²) in [6.07, 6.45) is 0. The molecule has 0 bridgehead atoms. The highest BCUT2D eigenvalue weighted by Gasteiger charge is 1.51. The lowest BCUT2D eigenvalue weighted by Gasteiger charge is -1.99. The van der Waals surface area contributed by atoms with Crippen molar-refractivity contribution in [3.8, 4) is 0 Å². The fourth-order valence-corrected chi connectivity index (χ4v) is 0. The van der Waals surface area contributed by atoms with Crippen LogP contribution in [-0.2, 0) is 0 Å². The molecule has 0 aliphatic heterocycles. The molecule has 0 rings (SSSR count). The minimum absolute atomic E-state index is 1.58. The summed E-state index contributed by atoms with van der Waals surface area (Å²) in [6.45, 7) is -1.58. The molecule has 0 aromatic heterocycles. The van der Waals surface area contributed by atoms with Crippen LogP contribution in [0.2, 0.25) is 0 Å². The Kier molecular flexibility index (Phi) is 1.19. The summed E-state index contributed by atoms with van der Waals surface area (Å²) >= 11 is 0. The van der Waals surface area contributed by atoms with Crippen LogP contribution in [-0.4, -0.2) is 15.3 Å². The van der Waals surface area contributed by atoms with Crippen LogP contribution in [0.5, 0.6) is 0 Å². The maximum atomic E-state index is 7.08. The van der Waals surface area contributed by atoms with Crippen LogP contribution in [0.25, 0.3) is 0 Å². The molecule has 0 heterocycles. The van der Waals surface area contributed by atoms with Gasteiger partial charge in [-0.15, -0.1) is 0 Å². The molecular weight excluding hydrogens is 60.0 g/mol. The third kappa shape index (κ3) is 101. The van der Waals surface area contributed by atoms with E-state index in [0.717, 1.165) is 0 Å². The fourth-order valence-electron chi connectivity index (χ4n) is 0. The molecular formula is CH3O3-.